The third-order valence-corrected chi connectivity index (χ3v) is 9.12. The van der Waals surface area contributed by atoms with E-state index in [-0.39, 0.29) is 6.04 Å². The number of aromatic nitrogens is 2. The van der Waals surface area contributed by atoms with Crippen LogP contribution >= 0.6 is 11.3 Å². The highest BCUT2D eigenvalue weighted by Gasteiger charge is 2.35. The Morgan fingerprint density at radius 2 is 1.95 bits per heavy atom. The molecule has 3 N–H and O–H groups in total. The molecule has 2 aromatic heterocycles. The van der Waals surface area contributed by atoms with E-state index in [1.54, 1.807) is 22.3 Å². The SMILES string of the molecule is CCc1cc(NC(=O)C(=O)N2C[C@@H](C)CC[C@@H]2c2ccc3sc([C@@H]4C[C@@H](C)CN(C)C4)nc3c2)cnc1N. The quantitative estimate of drug-likeness (QED) is 0.465. The molecule has 3 aromatic rings. The summed E-state index contributed by atoms with van der Waals surface area (Å²) < 4.78 is 1.17. The first-order valence-electron chi connectivity index (χ1n) is 13.7. The lowest BCUT2D eigenvalue weighted by Crippen LogP contribution is -2.46. The number of carbonyl (C=O) groups is 2. The second kappa shape index (κ2) is 11.0. The number of nitrogens with zero attached hydrogens (tertiary/aromatic N) is 4. The van der Waals surface area contributed by atoms with Gasteiger partial charge >= 0.3 is 11.8 Å². The molecular formula is C29H38N6O2S. The number of anilines is 2. The summed E-state index contributed by atoms with van der Waals surface area (Å²) in [7, 11) is 2.19. The molecule has 2 fully saturated rings. The molecule has 0 saturated carbocycles. The monoisotopic (exact) mass is 534 g/mol. The van der Waals surface area contributed by atoms with Gasteiger partial charge in [0.15, 0.2) is 0 Å². The summed E-state index contributed by atoms with van der Waals surface area (Å²) in [4.78, 5) is 39.8. The van der Waals surface area contributed by atoms with Gasteiger partial charge in [-0.05, 0) is 73.9 Å². The summed E-state index contributed by atoms with van der Waals surface area (Å²) in [5, 5.41) is 3.94. The Labute approximate surface area is 228 Å². The van der Waals surface area contributed by atoms with Crippen LogP contribution in [0.5, 0.6) is 0 Å². The minimum atomic E-state index is -0.648. The first kappa shape index (κ1) is 26.6. The van der Waals surface area contributed by atoms with Gasteiger partial charge in [0.2, 0.25) is 0 Å². The van der Waals surface area contributed by atoms with Crippen molar-refractivity contribution in [3.8, 4) is 0 Å². The van der Waals surface area contributed by atoms with Gasteiger partial charge in [0, 0.05) is 25.6 Å². The van der Waals surface area contributed by atoms with Crippen LogP contribution in [0.25, 0.3) is 10.2 Å². The summed E-state index contributed by atoms with van der Waals surface area (Å²) in [6, 6.07) is 7.99. The number of nitrogens with one attached hydrogen (secondary N) is 1. The first-order chi connectivity index (χ1) is 18.2. The Kier molecular flexibility index (Phi) is 7.68. The lowest BCUT2D eigenvalue weighted by Gasteiger charge is -2.38. The topological polar surface area (TPSA) is 104 Å². The van der Waals surface area contributed by atoms with Crippen molar-refractivity contribution in [3.05, 3.63) is 46.6 Å². The van der Waals surface area contributed by atoms with Gasteiger partial charge in [-0.15, -0.1) is 11.3 Å². The Hall–Kier alpha value is -3.04. The number of nitrogens with two attached hydrogens (primary N) is 1. The summed E-state index contributed by atoms with van der Waals surface area (Å²) in [6.07, 6.45) is 5.17. The molecule has 4 heterocycles. The number of benzene rings is 1. The largest absolute Gasteiger partial charge is 0.383 e. The normalized spacial score (nSPS) is 24.5. The minimum Gasteiger partial charge on any atom is -0.383 e. The van der Waals surface area contributed by atoms with Gasteiger partial charge in [-0.2, -0.15) is 0 Å². The van der Waals surface area contributed by atoms with Gasteiger partial charge < -0.3 is 20.9 Å². The fourth-order valence-corrected chi connectivity index (χ4v) is 7.10. The molecule has 38 heavy (non-hydrogen) atoms. The molecule has 202 valence electrons. The highest BCUT2D eigenvalue weighted by Crippen LogP contribution is 2.38. The number of fused-ring (bicyclic) bond motifs is 1. The van der Waals surface area contributed by atoms with Crippen LogP contribution in [0.3, 0.4) is 0 Å². The van der Waals surface area contributed by atoms with Crippen LogP contribution in [0.15, 0.2) is 30.5 Å². The minimum absolute atomic E-state index is 0.157. The van der Waals surface area contributed by atoms with Gasteiger partial charge in [-0.3, -0.25) is 9.59 Å². The number of piperidine rings is 2. The molecule has 0 bridgehead atoms. The van der Waals surface area contributed by atoms with Crippen molar-refractivity contribution >= 4 is 44.9 Å². The predicted molar refractivity (Wildman–Crippen MR) is 153 cm³/mol. The van der Waals surface area contributed by atoms with E-state index in [1.807, 2.05) is 6.92 Å². The van der Waals surface area contributed by atoms with Gasteiger partial charge in [-0.25, -0.2) is 9.97 Å². The van der Waals surface area contributed by atoms with Crippen LogP contribution in [0.2, 0.25) is 0 Å². The lowest BCUT2D eigenvalue weighted by molar-refractivity contribution is -0.146. The fourth-order valence-electron chi connectivity index (χ4n) is 6.05. The number of likely N-dealkylation sites (tertiary alicyclic amines) is 2. The highest BCUT2D eigenvalue weighted by molar-refractivity contribution is 7.18. The number of hydrogen-bond acceptors (Lipinski definition) is 7. The Morgan fingerprint density at radius 1 is 1.13 bits per heavy atom. The van der Waals surface area contributed by atoms with Gasteiger partial charge in [-0.1, -0.05) is 26.8 Å². The van der Waals surface area contributed by atoms with E-state index >= 15 is 0 Å². The summed E-state index contributed by atoms with van der Waals surface area (Å²) >= 11 is 1.78. The number of nitrogen functional groups attached to an aromatic ring is 1. The molecule has 2 amide bonds. The van der Waals surface area contributed by atoms with E-state index in [1.165, 1.54) is 15.9 Å². The number of likely N-dealkylation sites (N-methyl/N-ethyl adjacent to an activating group) is 1. The number of carbonyl (C=O) groups excluding carboxylic acids is 2. The number of rotatable bonds is 4. The van der Waals surface area contributed by atoms with Crippen LogP contribution in [-0.2, 0) is 16.0 Å². The molecule has 2 aliphatic rings. The summed E-state index contributed by atoms with van der Waals surface area (Å²) in [6.45, 7) is 9.13. The van der Waals surface area contributed by atoms with Crippen molar-refractivity contribution in [3.63, 3.8) is 0 Å². The second-order valence-corrected chi connectivity index (χ2v) is 12.3. The molecule has 0 spiro atoms. The fraction of sp³-hybridized carbons (Fsp3) is 0.517. The average molecular weight is 535 g/mol. The molecule has 2 aliphatic heterocycles. The Bertz CT molecular complexity index is 1330. The van der Waals surface area contributed by atoms with E-state index in [4.69, 9.17) is 10.7 Å². The number of pyridine rings is 1. The summed E-state index contributed by atoms with van der Waals surface area (Å²) in [5.41, 5.74) is 9.24. The van der Waals surface area contributed by atoms with E-state index in [9.17, 15) is 9.59 Å². The predicted octanol–water partition coefficient (Wildman–Crippen LogP) is 4.83. The second-order valence-electron chi connectivity index (χ2n) is 11.3. The molecule has 0 radical (unpaired) electrons. The maximum Gasteiger partial charge on any atom is 0.313 e. The van der Waals surface area contributed by atoms with Crippen molar-refractivity contribution in [1.29, 1.82) is 0 Å². The molecule has 1 aromatic carbocycles. The van der Waals surface area contributed by atoms with Crippen molar-refractivity contribution in [1.82, 2.24) is 19.8 Å². The molecule has 0 aliphatic carbocycles. The van der Waals surface area contributed by atoms with Crippen molar-refractivity contribution in [2.45, 2.75) is 58.4 Å². The number of thiazole rings is 1. The number of hydrogen-bond donors (Lipinski definition) is 2. The maximum absolute atomic E-state index is 13.4. The molecule has 9 heteroatoms. The van der Waals surface area contributed by atoms with E-state index in [0.29, 0.717) is 42.2 Å². The van der Waals surface area contributed by atoms with Crippen LogP contribution in [0.1, 0.15) is 68.1 Å². The van der Waals surface area contributed by atoms with E-state index in [0.717, 1.165) is 49.0 Å². The van der Waals surface area contributed by atoms with Gasteiger partial charge in [0.1, 0.15) is 5.82 Å². The van der Waals surface area contributed by atoms with Gasteiger partial charge in [0.25, 0.3) is 0 Å². The third kappa shape index (κ3) is 5.54. The molecular weight excluding hydrogens is 496 g/mol. The Morgan fingerprint density at radius 3 is 2.71 bits per heavy atom. The van der Waals surface area contributed by atoms with Crippen molar-refractivity contribution in [2.24, 2.45) is 11.8 Å². The van der Waals surface area contributed by atoms with E-state index < -0.39 is 11.8 Å². The van der Waals surface area contributed by atoms with Crippen LogP contribution < -0.4 is 11.1 Å². The number of amides is 2. The zero-order valence-electron chi connectivity index (χ0n) is 22.7. The van der Waals surface area contributed by atoms with Crippen LogP contribution in [0, 0.1) is 11.8 Å². The first-order valence-corrected chi connectivity index (χ1v) is 14.5. The average Bonchev–Trinajstić information content (AvgIpc) is 3.32. The lowest BCUT2D eigenvalue weighted by atomic mass is 9.89. The molecule has 8 nitrogen and oxygen atoms in total. The molecule has 0 unspecified atom stereocenters. The summed E-state index contributed by atoms with van der Waals surface area (Å²) in [5.74, 6) is 0.715. The van der Waals surface area contributed by atoms with E-state index in [2.05, 4.69) is 54.3 Å². The zero-order chi connectivity index (χ0) is 27.0. The molecule has 5 rings (SSSR count). The highest BCUT2D eigenvalue weighted by atomic mass is 32.1. The smallest absolute Gasteiger partial charge is 0.313 e. The van der Waals surface area contributed by atoms with Crippen molar-refractivity contribution < 1.29 is 9.59 Å². The Balaban J connectivity index is 1.37. The van der Waals surface area contributed by atoms with Crippen LogP contribution in [-0.4, -0.2) is 58.3 Å². The maximum atomic E-state index is 13.4. The van der Waals surface area contributed by atoms with Crippen LogP contribution in [0.4, 0.5) is 11.5 Å². The molecule has 2 saturated heterocycles. The third-order valence-electron chi connectivity index (χ3n) is 7.92. The standard InChI is InChI=1S/C29H38N6O2S/c1-5-19-11-22(13-31-26(19)30)32-27(36)29(37)35-15-17(2)6-8-24(35)20-7-9-25-23(12-20)33-28(38-25)21-10-18(3)14-34(4)16-21/h7,9,11-13,17-18,21,24H,5-6,8,10,14-16H2,1-4H3,(H2,30,31)(H,32,36)/t17-,18+,21+,24+/m0/s1. The molecule has 4 atom stereocenters. The number of aryl methyl sites for hydroxylation is 1. The van der Waals surface area contributed by atoms with Crippen molar-refractivity contribution in [2.75, 3.05) is 37.7 Å². The zero-order valence-corrected chi connectivity index (χ0v) is 23.6. The van der Waals surface area contributed by atoms with Gasteiger partial charge in [0.05, 0.1) is 33.2 Å².